The number of amides is 1. The van der Waals surface area contributed by atoms with E-state index in [-0.39, 0.29) is 11.9 Å². The lowest BCUT2D eigenvalue weighted by atomic mass is 10.2. The largest absolute Gasteiger partial charge is 0.368 e. The van der Waals surface area contributed by atoms with Gasteiger partial charge in [-0.2, -0.15) is 0 Å². The first-order valence-corrected chi connectivity index (χ1v) is 4.36. The van der Waals surface area contributed by atoms with Crippen molar-refractivity contribution in [2.45, 2.75) is 32.7 Å². The smallest absolute Gasteiger partial charge is 0.234 e. The summed E-state index contributed by atoms with van der Waals surface area (Å²) in [5.74, 6) is -0.266. The van der Waals surface area contributed by atoms with E-state index < -0.39 is 0 Å². The summed E-state index contributed by atoms with van der Waals surface area (Å²) >= 11 is 0. The summed E-state index contributed by atoms with van der Waals surface area (Å²) in [5, 5.41) is 3.08. The van der Waals surface area contributed by atoms with Crippen LogP contribution in [0, 0.1) is 0 Å². The molecule has 0 aliphatic heterocycles. The van der Waals surface area contributed by atoms with Gasteiger partial charge in [0.25, 0.3) is 0 Å². The van der Waals surface area contributed by atoms with Gasteiger partial charge in [0.1, 0.15) is 0 Å². The van der Waals surface area contributed by atoms with E-state index in [9.17, 15) is 4.79 Å². The number of nitrogens with two attached hydrogens (primary N) is 1. The number of rotatable bonds is 6. The average Bonchev–Trinajstić information content (AvgIpc) is 2.04. The van der Waals surface area contributed by atoms with Gasteiger partial charge in [-0.25, -0.2) is 0 Å². The third-order valence-corrected chi connectivity index (χ3v) is 1.69. The fraction of sp³-hybridized carbons (Fsp3) is 0.667. The first kappa shape index (κ1) is 11.2. The number of hydrogen-bond donors (Lipinski definition) is 2. The Morgan fingerprint density at radius 3 is 2.75 bits per heavy atom. The Bertz CT molecular complexity index is 155. The highest BCUT2D eigenvalue weighted by Gasteiger charge is 2.09. The van der Waals surface area contributed by atoms with Crippen molar-refractivity contribution in [3.8, 4) is 0 Å². The van der Waals surface area contributed by atoms with Crippen LogP contribution in [0.2, 0.25) is 0 Å². The van der Waals surface area contributed by atoms with Gasteiger partial charge in [0, 0.05) is 0 Å². The van der Waals surface area contributed by atoms with Crippen molar-refractivity contribution in [1.29, 1.82) is 0 Å². The molecule has 0 aliphatic rings. The lowest BCUT2D eigenvalue weighted by molar-refractivity contribution is -0.120. The lowest BCUT2D eigenvalue weighted by Crippen LogP contribution is -2.41. The molecular formula is C9H18N2O. The van der Waals surface area contributed by atoms with E-state index in [0.717, 1.165) is 19.4 Å². The highest BCUT2D eigenvalue weighted by atomic mass is 16.1. The van der Waals surface area contributed by atoms with Crippen molar-refractivity contribution >= 4 is 5.91 Å². The van der Waals surface area contributed by atoms with Gasteiger partial charge in [0.2, 0.25) is 5.91 Å². The van der Waals surface area contributed by atoms with Crippen LogP contribution < -0.4 is 11.1 Å². The van der Waals surface area contributed by atoms with Gasteiger partial charge in [-0.05, 0) is 26.3 Å². The molecule has 0 aromatic heterocycles. The molecule has 70 valence electrons. The quantitative estimate of drug-likeness (QED) is 0.458. The predicted octanol–water partition coefficient (Wildman–Crippen LogP) is 0.806. The van der Waals surface area contributed by atoms with Gasteiger partial charge in [-0.15, -0.1) is 0 Å². The molecule has 1 atom stereocenters. The molecule has 0 spiro atoms. The van der Waals surface area contributed by atoms with Crippen molar-refractivity contribution in [2.24, 2.45) is 5.73 Å². The van der Waals surface area contributed by atoms with Crippen molar-refractivity contribution < 1.29 is 4.79 Å². The summed E-state index contributed by atoms with van der Waals surface area (Å²) < 4.78 is 0. The van der Waals surface area contributed by atoms with Crippen molar-refractivity contribution in [3.05, 3.63) is 12.2 Å². The van der Waals surface area contributed by atoms with Crippen molar-refractivity contribution in [1.82, 2.24) is 5.32 Å². The maximum atomic E-state index is 10.7. The van der Waals surface area contributed by atoms with Gasteiger partial charge in [0.15, 0.2) is 0 Å². The monoisotopic (exact) mass is 170 g/mol. The Labute approximate surface area is 74.0 Å². The maximum Gasteiger partial charge on any atom is 0.234 e. The van der Waals surface area contributed by atoms with Gasteiger partial charge in [0.05, 0.1) is 6.04 Å². The number of carbonyl (C=O) groups is 1. The molecular weight excluding hydrogens is 152 g/mol. The van der Waals surface area contributed by atoms with Crippen LogP contribution in [-0.4, -0.2) is 18.5 Å². The van der Waals surface area contributed by atoms with E-state index in [1.807, 2.05) is 19.9 Å². The topological polar surface area (TPSA) is 55.1 Å². The van der Waals surface area contributed by atoms with E-state index in [0.29, 0.717) is 0 Å². The zero-order valence-electron chi connectivity index (χ0n) is 7.84. The van der Waals surface area contributed by atoms with Crippen LogP contribution >= 0.6 is 0 Å². The molecule has 0 saturated heterocycles. The molecule has 0 radical (unpaired) electrons. The highest BCUT2D eigenvalue weighted by molar-refractivity contribution is 5.79. The maximum absolute atomic E-state index is 10.7. The number of primary amides is 1. The van der Waals surface area contributed by atoms with Crippen LogP contribution in [0.15, 0.2) is 12.2 Å². The Morgan fingerprint density at radius 2 is 2.33 bits per heavy atom. The molecule has 0 bridgehead atoms. The first-order valence-electron chi connectivity index (χ1n) is 4.36. The molecule has 3 nitrogen and oxygen atoms in total. The van der Waals surface area contributed by atoms with Gasteiger partial charge >= 0.3 is 0 Å². The molecule has 0 aliphatic carbocycles. The van der Waals surface area contributed by atoms with Crippen molar-refractivity contribution in [2.75, 3.05) is 6.54 Å². The number of hydrogen-bond acceptors (Lipinski definition) is 2. The molecule has 12 heavy (non-hydrogen) atoms. The second kappa shape index (κ2) is 6.85. The molecule has 3 heteroatoms. The molecule has 0 saturated carbocycles. The zero-order valence-corrected chi connectivity index (χ0v) is 7.84. The second-order valence-electron chi connectivity index (χ2n) is 2.68. The van der Waals surface area contributed by atoms with Crippen LogP contribution in [-0.2, 0) is 4.79 Å². The first-order chi connectivity index (χ1) is 5.72. The fourth-order valence-corrected chi connectivity index (χ4v) is 0.954. The Morgan fingerprint density at radius 1 is 1.67 bits per heavy atom. The summed E-state index contributed by atoms with van der Waals surface area (Å²) in [7, 11) is 0. The van der Waals surface area contributed by atoms with Crippen molar-refractivity contribution in [3.63, 3.8) is 0 Å². The molecule has 1 amide bonds. The number of carbonyl (C=O) groups excluding carboxylic acids is 1. The van der Waals surface area contributed by atoms with E-state index in [2.05, 4.69) is 11.4 Å². The van der Waals surface area contributed by atoms with E-state index in [4.69, 9.17) is 5.73 Å². The fourth-order valence-electron chi connectivity index (χ4n) is 0.954. The number of nitrogens with one attached hydrogen (secondary N) is 1. The third kappa shape index (κ3) is 4.91. The van der Waals surface area contributed by atoms with Crippen LogP contribution in [0.5, 0.6) is 0 Å². The van der Waals surface area contributed by atoms with Crippen LogP contribution in [0.25, 0.3) is 0 Å². The Balaban J connectivity index is 3.51. The molecule has 1 unspecified atom stereocenters. The SMILES string of the molecule is C/C=C/CCNC(CC)C(N)=O. The van der Waals surface area contributed by atoms with E-state index >= 15 is 0 Å². The van der Waals surface area contributed by atoms with Crippen LogP contribution in [0.3, 0.4) is 0 Å². The summed E-state index contributed by atoms with van der Waals surface area (Å²) in [6.07, 6.45) is 5.75. The minimum atomic E-state index is -0.266. The third-order valence-electron chi connectivity index (χ3n) is 1.69. The van der Waals surface area contributed by atoms with Gasteiger partial charge < -0.3 is 11.1 Å². The average molecular weight is 170 g/mol. The predicted molar refractivity (Wildman–Crippen MR) is 50.7 cm³/mol. The molecule has 0 aromatic carbocycles. The minimum Gasteiger partial charge on any atom is -0.368 e. The Kier molecular flexibility index (Phi) is 6.38. The summed E-state index contributed by atoms with van der Waals surface area (Å²) in [6.45, 7) is 4.73. The lowest BCUT2D eigenvalue weighted by Gasteiger charge is -2.11. The minimum absolute atomic E-state index is 0.171. The summed E-state index contributed by atoms with van der Waals surface area (Å²) in [4.78, 5) is 10.7. The molecule has 0 rings (SSSR count). The number of allylic oxidation sites excluding steroid dienone is 1. The van der Waals surface area contributed by atoms with Crippen LogP contribution in [0.4, 0.5) is 0 Å². The standard InChI is InChI=1S/C9H18N2O/c1-3-5-6-7-11-8(4-2)9(10)12/h3,5,8,11H,4,6-7H2,1-2H3,(H2,10,12)/b5-3+. The van der Waals surface area contributed by atoms with E-state index in [1.54, 1.807) is 0 Å². The van der Waals surface area contributed by atoms with Crippen LogP contribution in [0.1, 0.15) is 26.7 Å². The van der Waals surface area contributed by atoms with E-state index in [1.165, 1.54) is 0 Å². The summed E-state index contributed by atoms with van der Waals surface area (Å²) in [5.41, 5.74) is 5.14. The van der Waals surface area contributed by atoms with Gasteiger partial charge in [-0.1, -0.05) is 19.1 Å². The molecule has 3 N–H and O–H groups in total. The molecule has 0 fully saturated rings. The normalized spacial score (nSPS) is 13.5. The zero-order chi connectivity index (χ0) is 9.40. The van der Waals surface area contributed by atoms with Gasteiger partial charge in [-0.3, -0.25) is 4.79 Å². The summed E-state index contributed by atoms with van der Waals surface area (Å²) in [6, 6.07) is -0.171. The Hall–Kier alpha value is -0.830. The molecule has 0 aromatic rings. The second-order valence-corrected chi connectivity index (χ2v) is 2.68. The highest BCUT2D eigenvalue weighted by Crippen LogP contribution is 1.89. The molecule has 0 heterocycles.